The minimum absolute atomic E-state index is 0.0726. The number of nitrogens with zero attached hydrogens (tertiary/aromatic N) is 1. The van der Waals surface area contributed by atoms with Gasteiger partial charge in [0.1, 0.15) is 4.66 Å². The van der Waals surface area contributed by atoms with Gasteiger partial charge in [-0.2, -0.15) is 4.31 Å². The van der Waals surface area contributed by atoms with Crippen molar-refractivity contribution in [2.75, 3.05) is 11.2 Å². The summed E-state index contributed by atoms with van der Waals surface area (Å²) in [5.74, 6) is 0.637. The highest BCUT2D eigenvalue weighted by atomic mass is 79.9. The molecule has 1 aliphatic heterocycles. The summed E-state index contributed by atoms with van der Waals surface area (Å²) in [5, 5.41) is 0. The summed E-state index contributed by atoms with van der Waals surface area (Å²) in [5.41, 5.74) is 0. The van der Waals surface area contributed by atoms with Crippen molar-refractivity contribution >= 4 is 26.0 Å². The molecule has 1 aliphatic carbocycles. The fourth-order valence-corrected chi connectivity index (χ4v) is 4.83. The highest BCUT2D eigenvalue weighted by Crippen LogP contribution is 2.38. The van der Waals surface area contributed by atoms with E-state index in [0.717, 1.165) is 19.4 Å². The molecule has 0 aromatic heterocycles. The van der Waals surface area contributed by atoms with Gasteiger partial charge in [-0.3, -0.25) is 0 Å². The average Bonchev–Trinajstić information content (AvgIpc) is 2.64. The molecule has 0 N–H and O–H groups in total. The molecule has 0 spiro atoms. The normalized spacial score (nSPS) is 34.4. The molecule has 2 unspecified atom stereocenters. The monoisotopic (exact) mass is 281 g/mol. The van der Waals surface area contributed by atoms with Gasteiger partial charge in [-0.1, -0.05) is 22.4 Å². The van der Waals surface area contributed by atoms with Gasteiger partial charge in [-0.25, -0.2) is 8.42 Å². The Labute approximate surface area is 94.0 Å². The number of sulfonamides is 1. The number of halogens is 1. The molecule has 0 aromatic carbocycles. The van der Waals surface area contributed by atoms with Gasteiger partial charge < -0.3 is 0 Å². The van der Waals surface area contributed by atoms with Crippen LogP contribution in [0.5, 0.6) is 0 Å². The first-order chi connectivity index (χ1) is 6.65. The van der Waals surface area contributed by atoms with Crippen LogP contribution in [0.1, 0.15) is 32.1 Å². The third-order valence-electron chi connectivity index (χ3n) is 3.44. The summed E-state index contributed by atoms with van der Waals surface area (Å²) in [6.45, 7) is 0.731. The second-order valence-electron chi connectivity index (χ2n) is 4.23. The molecule has 1 saturated heterocycles. The van der Waals surface area contributed by atoms with Crippen molar-refractivity contribution in [3.63, 3.8) is 0 Å². The first kappa shape index (κ1) is 10.9. The van der Waals surface area contributed by atoms with E-state index >= 15 is 0 Å². The largest absolute Gasteiger partial charge is 0.224 e. The van der Waals surface area contributed by atoms with Gasteiger partial charge in [0, 0.05) is 12.6 Å². The van der Waals surface area contributed by atoms with Crippen molar-refractivity contribution in [1.82, 2.24) is 4.31 Å². The molecule has 5 heteroatoms. The zero-order valence-corrected chi connectivity index (χ0v) is 10.6. The topological polar surface area (TPSA) is 37.4 Å². The van der Waals surface area contributed by atoms with E-state index in [4.69, 9.17) is 0 Å². The second-order valence-corrected chi connectivity index (χ2v) is 7.46. The number of piperidine rings is 1. The quantitative estimate of drug-likeness (QED) is 0.726. The van der Waals surface area contributed by atoms with Crippen LogP contribution in [0.4, 0.5) is 0 Å². The maximum Gasteiger partial charge on any atom is 0.224 e. The Morgan fingerprint density at radius 2 is 1.93 bits per heavy atom. The van der Waals surface area contributed by atoms with Gasteiger partial charge in [0.15, 0.2) is 0 Å². The lowest BCUT2D eigenvalue weighted by Gasteiger charge is -2.36. The summed E-state index contributed by atoms with van der Waals surface area (Å²) < 4.78 is 25.4. The van der Waals surface area contributed by atoms with Gasteiger partial charge in [-0.15, -0.1) is 0 Å². The molecule has 82 valence electrons. The highest BCUT2D eigenvalue weighted by Gasteiger charge is 2.39. The van der Waals surface area contributed by atoms with Gasteiger partial charge in [0.2, 0.25) is 10.0 Å². The van der Waals surface area contributed by atoms with Crippen LogP contribution in [0.3, 0.4) is 0 Å². The molecule has 14 heavy (non-hydrogen) atoms. The van der Waals surface area contributed by atoms with Crippen LogP contribution in [0.25, 0.3) is 0 Å². The van der Waals surface area contributed by atoms with E-state index in [1.54, 1.807) is 4.31 Å². The summed E-state index contributed by atoms with van der Waals surface area (Å²) >= 11 is 3.07. The fourth-order valence-electron chi connectivity index (χ4n) is 2.82. The van der Waals surface area contributed by atoms with Crippen molar-refractivity contribution in [1.29, 1.82) is 0 Å². The van der Waals surface area contributed by atoms with Crippen LogP contribution in [-0.4, -0.2) is 30.0 Å². The van der Waals surface area contributed by atoms with E-state index in [-0.39, 0.29) is 4.66 Å². The minimum Gasteiger partial charge on any atom is -0.211 e. The van der Waals surface area contributed by atoms with Crippen LogP contribution < -0.4 is 0 Å². The highest BCUT2D eigenvalue weighted by molar-refractivity contribution is 9.10. The number of hydrogen-bond acceptors (Lipinski definition) is 2. The van der Waals surface area contributed by atoms with Gasteiger partial charge >= 0.3 is 0 Å². The standard InChI is InChI=1S/C9H16BrNO2S/c10-7-14(12,13)11-6-2-4-8-3-1-5-9(8)11/h8-9H,1-7H2. The summed E-state index contributed by atoms with van der Waals surface area (Å²) in [6, 6.07) is 0.311. The molecule has 1 saturated carbocycles. The predicted octanol–water partition coefficient (Wildman–Crippen LogP) is 1.93. The third kappa shape index (κ3) is 1.86. The molecule has 2 atom stereocenters. The van der Waals surface area contributed by atoms with Gasteiger partial charge in [0.25, 0.3) is 0 Å². The SMILES string of the molecule is O=S(=O)(CBr)N1CCCC2CCCC21. The Kier molecular flexibility index (Phi) is 3.19. The Bertz CT molecular complexity index is 304. The molecular weight excluding hydrogens is 266 g/mol. The number of hydrogen-bond donors (Lipinski definition) is 0. The molecule has 2 fully saturated rings. The van der Waals surface area contributed by atoms with E-state index in [2.05, 4.69) is 15.9 Å². The molecule has 0 bridgehead atoms. The number of alkyl halides is 1. The van der Waals surface area contributed by atoms with Crippen molar-refractivity contribution < 1.29 is 8.42 Å². The van der Waals surface area contributed by atoms with Crippen LogP contribution >= 0.6 is 15.9 Å². The van der Waals surface area contributed by atoms with Crippen LogP contribution in [0.15, 0.2) is 0 Å². The van der Waals surface area contributed by atoms with Crippen LogP contribution in [0, 0.1) is 5.92 Å². The third-order valence-corrected chi connectivity index (χ3v) is 6.62. The lowest BCUT2D eigenvalue weighted by molar-refractivity contribution is 0.203. The Morgan fingerprint density at radius 3 is 2.64 bits per heavy atom. The maximum atomic E-state index is 11.8. The molecule has 0 radical (unpaired) electrons. The van der Waals surface area contributed by atoms with Crippen LogP contribution in [0.2, 0.25) is 0 Å². The molecule has 0 amide bonds. The van der Waals surface area contributed by atoms with Crippen molar-refractivity contribution in [2.45, 2.75) is 38.1 Å². The maximum absolute atomic E-state index is 11.8. The van der Waals surface area contributed by atoms with E-state index in [9.17, 15) is 8.42 Å². The van der Waals surface area contributed by atoms with E-state index in [1.165, 1.54) is 19.3 Å². The first-order valence-corrected chi connectivity index (χ1v) is 7.93. The minimum atomic E-state index is -3.03. The van der Waals surface area contributed by atoms with Gasteiger partial charge in [0.05, 0.1) is 0 Å². The second kappa shape index (κ2) is 4.10. The molecule has 3 nitrogen and oxygen atoms in total. The first-order valence-electron chi connectivity index (χ1n) is 5.20. The van der Waals surface area contributed by atoms with E-state index in [0.29, 0.717) is 12.0 Å². The van der Waals surface area contributed by atoms with Crippen molar-refractivity contribution in [3.05, 3.63) is 0 Å². The van der Waals surface area contributed by atoms with Crippen LogP contribution in [-0.2, 0) is 10.0 Å². The molecule has 0 aromatic rings. The zero-order valence-electron chi connectivity index (χ0n) is 8.15. The summed E-state index contributed by atoms with van der Waals surface area (Å²) in [6.07, 6.45) is 5.74. The average molecular weight is 282 g/mol. The Morgan fingerprint density at radius 1 is 1.21 bits per heavy atom. The number of rotatable bonds is 2. The number of fused-ring (bicyclic) bond motifs is 1. The van der Waals surface area contributed by atoms with Gasteiger partial charge in [-0.05, 0) is 31.6 Å². The Hall–Kier alpha value is 0.390. The molecular formula is C9H16BrNO2S. The van der Waals surface area contributed by atoms with E-state index < -0.39 is 10.0 Å². The van der Waals surface area contributed by atoms with E-state index in [1.807, 2.05) is 0 Å². The zero-order chi connectivity index (χ0) is 10.2. The van der Waals surface area contributed by atoms with Crippen molar-refractivity contribution in [3.8, 4) is 0 Å². The fraction of sp³-hybridized carbons (Fsp3) is 1.00. The Balaban J connectivity index is 2.18. The van der Waals surface area contributed by atoms with Crippen molar-refractivity contribution in [2.24, 2.45) is 5.92 Å². The lowest BCUT2D eigenvalue weighted by atomic mass is 9.94. The molecule has 2 aliphatic rings. The smallest absolute Gasteiger partial charge is 0.211 e. The molecule has 1 heterocycles. The lowest BCUT2D eigenvalue weighted by Crippen LogP contribution is -2.46. The predicted molar refractivity (Wildman–Crippen MR) is 59.8 cm³/mol. The summed E-state index contributed by atoms with van der Waals surface area (Å²) in [4.78, 5) is 0. The molecule has 2 rings (SSSR count). The summed E-state index contributed by atoms with van der Waals surface area (Å²) in [7, 11) is -3.03.